The first-order valence-electron chi connectivity index (χ1n) is 28.0. The van der Waals surface area contributed by atoms with Crippen LogP contribution in [0.3, 0.4) is 0 Å². The van der Waals surface area contributed by atoms with Crippen molar-refractivity contribution in [3.8, 4) is 0 Å². The first-order chi connectivity index (χ1) is 31.5. The van der Waals surface area contributed by atoms with Crippen molar-refractivity contribution >= 4 is 17.9 Å². The summed E-state index contributed by atoms with van der Waals surface area (Å²) >= 11 is 0. The molecule has 0 rings (SSSR count). The minimum atomic E-state index is -0.765. The van der Waals surface area contributed by atoms with Crippen LogP contribution in [0.25, 0.3) is 0 Å². The van der Waals surface area contributed by atoms with E-state index in [0.717, 1.165) is 70.6 Å². The smallest absolute Gasteiger partial charge is 0.306 e. The third kappa shape index (κ3) is 50.6. The quantitative estimate of drug-likeness (QED) is 0.0262. The van der Waals surface area contributed by atoms with E-state index < -0.39 is 6.10 Å². The predicted molar refractivity (Wildman–Crippen MR) is 275 cm³/mol. The predicted octanol–water partition coefficient (Wildman–Crippen LogP) is 18.5. The van der Waals surface area contributed by atoms with Gasteiger partial charge >= 0.3 is 17.9 Å². The Morgan fingerprint density at radius 2 is 0.562 bits per heavy atom. The largest absolute Gasteiger partial charge is 0.462 e. The average molecular weight is 899 g/mol. The summed E-state index contributed by atoms with van der Waals surface area (Å²) in [6.07, 6.45) is 63.0. The number of rotatable bonds is 51. The lowest BCUT2D eigenvalue weighted by Crippen LogP contribution is -2.30. The van der Waals surface area contributed by atoms with Gasteiger partial charge in [-0.1, -0.05) is 256 Å². The maximum Gasteiger partial charge on any atom is 0.306 e. The van der Waals surface area contributed by atoms with Crippen molar-refractivity contribution in [2.24, 2.45) is 0 Å². The first-order valence-corrected chi connectivity index (χ1v) is 28.0. The van der Waals surface area contributed by atoms with E-state index in [2.05, 4.69) is 57.2 Å². The summed E-state index contributed by atoms with van der Waals surface area (Å²) in [5, 5.41) is 0. The number of esters is 3. The molecular formula is C58H106O6. The molecule has 64 heavy (non-hydrogen) atoms. The van der Waals surface area contributed by atoms with Crippen molar-refractivity contribution < 1.29 is 28.6 Å². The molecule has 0 aliphatic heterocycles. The fraction of sp³-hybridized carbons (Fsp3) is 0.845. The van der Waals surface area contributed by atoms with E-state index in [4.69, 9.17) is 14.2 Å². The molecule has 0 amide bonds. The summed E-state index contributed by atoms with van der Waals surface area (Å²) in [5.41, 5.74) is 0. The molecule has 0 bridgehead atoms. The Morgan fingerprint density at radius 3 is 0.875 bits per heavy atom. The van der Waals surface area contributed by atoms with Crippen LogP contribution in [0, 0.1) is 0 Å². The molecule has 0 saturated heterocycles. The van der Waals surface area contributed by atoms with Crippen LogP contribution >= 0.6 is 0 Å². The molecule has 0 heterocycles. The zero-order valence-corrected chi connectivity index (χ0v) is 42.8. The van der Waals surface area contributed by atoms with Gasteiger partial charge in [-0.15, -0.1) is 0 Å². The Kier molecular flexibility index (Phi) is 51.3. The highest BCUT2D eigenvalue weighted by Crippen LogP contribution is 2.16. The van der Waals surface area contributed by atoms with Crippen molar-refractivity contribution in [2.75, 3.05) is 13.2 Å². The Balaban J connectivity index is 4.07. The monoisotopic (exact) mass is 899 g/mol. The molecule has 0 aromatic heterocycles. The van der Waals surface area contributed by atoms with E-state index in [-0.39, 0.29) is 31.1 Å². The maximum absolute atomic E-state index is 12.7. The molecular weight excluding hydrogens is 793 g/mol. The third-order valence-electron chi connectivity index (χ3n) is 12.4. The number of unbranched alkanes of at least 4 members (excludes halogenated alkanes) is 34. The second-order valence-electron chi connectivity index (χ2n) is 18.9. The SMILES string of the molecule is CCCCCCC/C=C\C/C=C\C/C=C\CCCCCCCCCCCCCCC(=O)OCC(COC(=O)CCCCCCCCC)OC(=O)CCCCCCCCCCCCCC. The van der Waals surface area contributed by atoms with Gasteiger partial charge in [-0.25, -0.2) is 0 Å². The van der Waals surface area contributed by atoms with E-state index in [0.29, 0.717) is 19.3 Å². The van der Waals surface area contributed by atoms with Gasteiger partial charge in [0, 0.05) is 19.3 Å². The van der Waals surface area contributed by atoms with Crippen molar-refractivity contribution in [1.82, 2.24) is 0 Å². The van der Waals surface area contributed by atoms with Crippen LogP contribution in [-0.2, 0) is 28.6 Å². The summed E-state index contributed by atoms with van der Waals surface area (Å²) in [6.45, 7) is 6.60. The van der Waals surface area contributed by atoms with Gasteiger partial charge in [-0.05, 0) is 57.8 Å². The Hall–Kier alpha value is -2.37. The number of hydrogen-bond acceptors (Lipinski definition) is 6. The molecule has 0 radical (unpaired) electrons. The second-order valence-corrected chi connectivity index (χ2v) is 18.9. The highest BCUT2D eigenvalue weighted by molar-refractivity contribution is 5.71. The molecule has 6 nitrogen and oxygen atoms in total. The maximum atomic E-state index is 12.7. The van der Waals surface area contributed by atoms with Gasteiger partial charge < -0.3 is 14.2 Å². The van der Waals surface area contributed by atoms with Gasteiger partial charge in [0.25, 0.3) is 0 Å². The fourth-order valence-electron chi connectivity index (χ4n) is 8.16. The average Bonchev–Trinajstić information content (AvgIpc) is 3.29. The van der Waals surface area contributed by atoms with E-state index in [1.165, 1.54) is 186 Å². The minimum absolute atomic E-state index is 0.0688. The molecule has 0 aromatic rings. The van der Waals surface area contributed by atoms with Crippen LogP contribution in [0.5, 0.6) is 0 Å². The highest BCUT2D eigenvalue weighted by Gasteiger charge is 2.19. The number of allylic oxidation sites excluding steroid dienone is 6. The molecule has 374 valence electrons. The van der Waals surface area contributed by atoms with Gasteiger partial charge in [-0.2, -0.15) is 0 Å². The fourth-order valence-corrected chi connectivity index (χ4v) is 8.16. The normalized spacial score (nSPS) is 12.2. The van der Waals surface area contributed by atoms with Crippen LogP contribution in [0.2, 0.25) is 0 Å². The third-order valence-corrected chi connectivity index (χ3v) is 12.4. The lowest BCUT2D eigenvalue weighted by molar-refractivity contribution is -0.167. The van der Waals surface area contributed by atoms with Gasteiger partial charge in [0.2, 0.25) is 0 Å². The van der Waals surface area contributed by atoms with E-state index in [9.17, 15) is 14.4 Å². The first kappa shape index (κ1) is 61.6. The van der Waals surface area contributed by atoms with E-state index in [1.807, 2.05) is 0 Å². The van der Waals surface area contributed by atoms with Crippen LogP contribution < -0.4 is 0 Å². The van der Waals surface area contributed by atoms with Gasteiger partial charge in [0.05, 0.1) is 0 Å². The summed E-state index contributed by atoms with van der Waals surface area (Å²) in [6, 6.07) is 0. The molecule has 0 aromatic carbocycles. The molecule has 0 spiro atoms. The zero-order valence-electron chi connectivity index (χ0n) is 42.8. The van der Waals surface area contributed by atoms with Crippen LogP contribution in [0.4, 0.5) is 0 Å². The molecule has 1 atom stereocenters. The van der Waals surface area contributed by atoms with Crippen molar-refractivity contribution in [3.05, 3.63) is 36.5 Å². The van der Waals surface area contributed by atoms with Crippen molar-refractivity contribution in [3.63, 3.8) is 0 Å². The van der Waals surface area contributed by atoms with E-state index in [1.54, 1.807) is 0 Å². The molecule has 0 saturated carbocycles. The number of carbonyl (C=O) groups is 3. The Labute approximate surface area is 397 Å². The lowest BCUT2D eigenvalue weighted by atomic mass is 10.0. The van der Waals surface area contributed by atoms with Gasteiger partial charge in [-0.3, -0.25) is 14.4 Å². The van der Waals surface area contributed by atoms with Crippen LogP contribution in [0.15, 0.2) is 36.5 Å². The molecule has 0 aliphatic rings. The molecule has 0 N–H and O–H groups in total. The minimum Gasteiger partial charge on any atom is -0.462 e. The number of ether oxygens (including phenoxy) is 3. The van der Waals surface area contributed by atoms with Crippen molar-refractivity contribution in [1.29, 1.82) is 0 Å². The summed E-state index contributed by atoms with van der Waals surface area (Å²) in [4.78, 5) is 37.8. The highest BCUT2D eigenvalue weighted by atomic mass is 16.6. The van der Waals surface area contributed by atoms with Gasteiger partial charge in [0.1, 0.15) is 13.2 Å². The summed E-state index contributed by atoms with van der Waals surface area (Å²) in [5.74, 6) is -0.865. The zero-order chi connectivity index (χ0) is 46.5. The molecule has 1 unspecified atom stereocenters. The topological polar surface area (TPSA) is 78.9 Å². The summed E-state index contributed by atoms with van der Waals surface area (Å²) < 4.78 is 16.7. The second kappa shape index (κ2) is 53.2. The van der Waals surface area contributed by atoms with Crippen LogP contribution in [-0.4, -0.2) is 37.2 Å². The molecule has 6 heteroatoms. The molecule has 0 fully saturated rings. The number of carbonyl (C=O) groups excluding carboxylic acids is 3. The molecule has 0 aliphatic carbocycles. The standard InChI is InChI=1S/C58H106O6/c1-4-7-10-13-16-18-20-22-23-24-25-26-27-28-29-30-31-32-33-34-35-36-38-39-42-45-48-51-57(60)63-54-55(53-62-56(59)50-47-44-41-15-12-9-6-3)64-58(61)52-49-46-43-40-37-21-19-17-14-11-8-5-2/h20,22,24-25,27-28,55H,4-19,21,23,26,29-54H2,1-3H3/b22-20-,25-24-,28-27-. The Morgan fingerprint density at radius 1 is 0.312 bits per heavy atom. The van der Waals surface area contributed by atoms with E-state index >= 15 is 0 Å². The van der Waals surface area contributed by atoms with Crippen LogP contribution in [0.1, 0.15) is 297 Å². The number of hydrogen-bond donors (Lipinski definition) is 0. The summed E-state index contributed by atoms with van der Waals surface area (Å²) in [7, 11) is 0. The van der Waals surface area contributed by atoms with Crippen molar-refractivity contribution in [2.45, 2.75) is 303 Å². The van der Waals surface area contributed by atoms with Gasteiger partial charge in [0.15, 0.2) is 6.10 Å². The lowest BCUT2D eigenvalue weighted by Gasteiger charge is -2.18. The Bertz CT molecular complexity index is 1080.